The zero-order chi connectivity index (χ0) is 21.7. The molecule has 6 heteroatoms. The number of rotatable bonds is 5. The molecule has 0 aromatic heterocycles. The van der Waals surface area contributed by atoms with Crippen LogP contribution in [0.2, 0.25) is 0 Å². The van der Waals surface area contributed by atoms with Crippen molar-refractivity contribution in [2.45, 2.75) is 26.8 Å². The fourth-order valence-electron chi connectivity index (χ4n) is 3.98. The van der Waals surface area contributed by atoms with E-state index in [4.69, 9.17) is 0 Å². The van der Waals surface area contributed by atoms with Gasteiger partial charge in [0.15, 0.2) is 0 Å². The fourth-order valence-corrected chi connectivity index (χ4v) is 3.98. The summed E-state index contributed by atoms with van der Waals surface area (Å²) in [7, 11) is 2.22. The molecule has 2 amide bonds. The molecular formula is C24H34N4O2+2. The van der Waals surface area contributed by atoms with Crippen molar-refractivity contribution in [1.29, 1.82) is 0 Å². The van der Waals surface area contributed by atoms with Gasteiger partial charge >= 0.3 is 11.8 Å². The van der Waals surface area contributed by atoms with E-state index in [0.717, 1.165) is 37.3 Å². The molecule has 0 radical (unpaired) electrons. The molecule has 1 aliphatic rings. The SMILES string of the molecule is Cc1ccc([C@@H](CNC(=O)C(=O)Nc2cccc(C)c2C)[NH+]2CC[NH+](C)CC2)cc1. The van der Waals surface area contributed by atoms with Crippen molar-refractivity contribution in [1.82, 2.24) is 5.32 Å². The Kier molecular flexibility index (Phi) is 7.24. The van der Waals surface area contributed by atoms with Gasteiger partial charge in [-0.2, -0.15) is 0 Å². The number of carbonyl (C=O) groups is 2. The second-order valence-electron chi connectivity index (χ2n) is 8.49. The molecule has 4 N–H and O–H groups in total. The quantitative estimate of drug-likeness (QED) is 0.517. The van der Waals surface area contributed by atoms with Gasteiger partial charge in [-0.05, 0) is 38.0 Å². The van der Waals surface area contributed by atoms with Gasteiger partial charge in [0, 0.05) is 11.3 Å². The minimum atomic E-state index is -0.621. The van der Waals surface area contributed by atoms with Gasteiger partial charge in [0.05, 0.1) is 13.6 Å². The molecule has 6 nitrogen and oxygen atoms in total. The molecule has 0 spiro atoms. The Bertz CT molecular complexity index is 887. The number of nitrogens with one attached hydrogen (secondary N) is 4. The second kappa shape index (κ2) is 9.87. The number of benzene rings is 2. The van der Waals surface area contributed by atoms with Gasteiger partial charge in [-0.3, -0.25) is 9.59 Å². The first-order valence-electron chi connectivity index (χ1n) is 10.7. The normalized spacial score (nSPS) is 19.7. The predicted octanol–water partition coefficient (Wildman–Crippen LogP) is -0.179. The van der Waals surface area contributed by atoms with Crippen molar-refractivity contribution in [3.8, 4) is 0 Å². The van der Waals surface area contributed by atoms with Crippen LogP contribution < -0.4 is 20.4 Å². The molecule has 1 saturated heterocycles. The Morgan fingerprint density at radius 1 is 0.933 bits per heavy atom. The van der Waals surface area contributed by atoms with E-state index in [1.54, 1.807) is 4.90 Å². The topological polar surface area (TPSA) is 67.1 Å². The molecule has 0 unspecified atom stereocenters. The summed E-state index contributed by atoms with van der Waals surface area (Å²) in [5.41, 5.74) is 5.14. The summed E-state index contributed by atoms with van der Waals surface area (Å²) < 4.78 is 0. The number of hydrogen-bond donors (Lipinski definition) is 4. The highest BCUT2D eigenvalue weighted by Crippen LogP contribution is 2.17. The van der Waals surface area contributed by atoms with Crippen molar-refractivity contribution in [2.24, 2.45) is 0 Å². The van der Waals surface area contributed by atoms with Crippen LogP contribution in [0.1, 0.15) is 28.3 Å². The van der Waals surface area contributed by atoms with Crippen LogP contribution in [0.4, 0.5) is 5.69 Å². The summed E-state index contributed by atoms with van der Waals surface area (Å²) in [6.07, 6.45) is 0. The van der Waals surface area contributed by atoms with Crippen LogP contribution in [0, 0.1) is 20.8 Å². The van der Waals surface area contributed by atoms with E-state index in [0.29, 0.717) is 12.2 Å². The largest absolute Gasteiger partial charge is 0.341 e. The van der Waals surface area contributed by atoms with Gasteiger partial charge in [0.1, 0.15) is 32.2 Å². The summed E-state index contributed by atoms with van der Waals surface area (Å²) >= 11 is 0. The monoisotopic (exact) mass is 410 g/mol. The number of piperazine rings is 1. The Morgan fingerprint density at radius 3 is 2.27 bits per heavy atom. The highest BCUT2D eigenvalue weighted by molar-refractivity contribution is 6.39. The second-order valence-corrected chi connectivity index (χ2v) is 8.49. The number of anilines is 1. The van der Waals surface area contributed by atoms with Crippen LogP contribution in [0.15, 0.2) is 42.5 Å². The number of carbonyl (C=O) groups excluding carboxylic acids is 2. The first kappa shape index (κ1) is 22.0. The molecule has 0 bridgehead atoms. The lowest BCUT2D eigenvalue weighted by molar-refractivity contribution is -1.02. The summed E-state index contributed by atoms with van der Waals surface area (Å²) in [6.45, 7) is 10.8. The lowest BCUT2D eigenvalue weighted by Gasteiger charge is -2.33. The van der Waals surface area contributed by atoms with Crippen LogP contribution >= 0.6 is 0 Å². The highest BCUT2D eigenvalue weighted by atomic mass is 16.2. The molecule has 1 heterocycles. The molecule has 1 fully saturated rings. The molecular weight excluding hydrogens is 376 g/mol. The summed E-state index contributed by atoms with van der Waals surface area (Å²) in [5.74, 6) is -1.21. The number of quaternary nitrogens is 2. The molecule has 2 aromatic carbocycles. The molecule has 0 aliphatic carbocycles. The van der Waals surface area contributed by atoms with E-state index in [9.17, 15) is 9.59 Å². The van der Waals surface area contributed by atoms with E-state index in [1.165, 1.54) is 16.0 Å². The van der Waals surface area contributed by atoms with E-state index < -0.39 is 11.8 Å². The van der Waals surface area contributed by atoms with Gasteiger partial charge in [0.25, 0.3) is 0 Å². The molecule has 3 rings (SSSR count). The Balaban J connectivity index is 1.66. The molecule has 0 saturated carbocycles. The zero-order valence-electron chi connectivity index (χ0n) is 18.5. The van der Waals surface area contributed by atoms with Gasteiger partial charge in [-0.25, -0.2) is 0 Å². The van der Waals surface area contributed by atoms with Gasteiger partial charge in [-0.1, -0.05) is 42.0 Å². The number of likely N-dealkylation sites (N-methyl/N-ethyl adjacent to an activating group) is 1. The molecule has 30 heavy (non-hydrogen) atoms. The average Bonchev–Trinajstić information content (AvgIpc) is 2.73. The van der Waals surface area contributed by atoms with Crippen molar-refractivity contribution in [2.75, 3.05) is 45.1 Å². The van der Waals surface area contributed by atoms with E-state index >= 15 is 0 Å². The van der Waals surface area contributed by atoms with Gasteiger partial charge in [0.2, 0.25) is 0 Å². The molecule has 1 aliphatic heterocycles. The average molecular weight is 411 g/mol. The summed E-state index contributed by atoms with van der Waals surface area (Å²) in [6, 6.07) is 14.3. The molecule has 1 atom stereocenters. The molecule has 2 aromatic rings. The van der Waals surface area contributed by atoms with E-state index in [1.807, 2.05) is 32.0 Å². The first-order valence-corrected chi connectivity index (χ1v) is 10.7. The lowest BCUT2D eigenvalue weighted by Crippen LogP contribution is -3.27. The summed E-state index contributed by atoms with van der Waals surface area (Å²) in [4.78, 5) is 28.0. The van der Waals surface area contributed by atoms with Crippen LogP contribution in [0.25, 0.3) is 0 Å². The van der Waals surface area contributed by atoms with Crippen LogP contribution in [0.3, 0.4) is 0 Å². The third-order valence-corrected chi connectivity index (χ3v) is 6.24. The summed E-state index contributed by atoms with van der Waals surface area (Å²) in [5, 5.41) is 5.63. The third-order valence-electron chi connectivity index (χ3n) is 6.24. The maximum Gasteiger partial charge on any atom is 0.313 e. The Hall–Kier alpha value is -2.70. The van der Waals surface area contributed by atoms with Gasteiger partial charge < -0.3 is 20.4 Å². The van der Waals surface area contributed by atoms with Crippen LogP contribution in [-0.2, 0) is 9.59 Å². The van der Waals surface area contributed by atoms with E-state index in [2.05, 4.69) is 48.9 Å². The van der Waals surface area contributed by atoms with Crippen LogP contribution in [-0.4, -0.2) is 51.6 Å². The minimum absolute atomic E-state index is 0.135. The van der Waals surface area contributed by atoms with E-state index in [-0.39, 0.29) is 6.04 Å². The standard InChI is InChI=1S/C24H32N4O2/c1-17-8-10-20(11-9-17)22(28-14-12-27(4)13-15-28)16-25-23(29)24(30)26-21-7-5-6-18(2)19(21)3/h5-11,22H,12-16H2,1-4H3,(H,25,29)(H,26,30)/p+2/t22-/m1/s1. The van der Waals surface area contributed by atoms with Crippen molar-refractivity contribution >= 4 is 17.5 Å². The Morgan fingerprint density at radius 2 is 1.60 bits per heavy atom. The van der Waals surface area contributed by atoms with Crippen molar-refractivity contribution in [3.05, 3.63) is 64.7 Å². The minimum Gasteiger partial charge on any atom is -0.341 e. The highest BCUT2D eigenvalue weighted by Gasteiger charge is 2.30. The maximum atomic E-state index is 12.5. The lowest BCUT2D eigenvalue weighted by atomic mass is 10.0. The van der Waals surface area contributed by atoms with Crippen LogP contribution in [0.5, 0.6) is 0 Å². The number of amides is 2. The van der Waals surface area contributed by atoms with Crippen molar-refractivity contribution in [3.63, 3.8) is 0 Å². The number of aryl methyl sites for hydroxylation is 2. The fraction of sp³-hybridized carbons (Fsp3) is 0.417. The Labute approximate surface area is 179 Å². The maximum absolute atomic E-state index is 12.5. The zero-order valence-corrected chi connectivity index (χ0v) is 18.5. The predicted molar refractivity (Wildman–Crippen MR) is 119 cm³/mol. The van der Waals surface area contributed by atoms with Crippen molar-refractivity contribution < 1.29 is 19.4 Å². The number of hydrogen-bond acceptors (Lipinski definition) is 2. The third kappa shape index (κ3) is 5.46. The van der Waals surface area contributed by atoms with Gasteiger partial charge in [-0.15, -0.1) is 0 Å². The smallest absolute Gasteiger partial charge is 0.313 e. The molecule has 160 valence electrons. The first-order chi connectivity index (χ1) is 14.3.